The zero-order valence-corrected chi connectivity index (χ0v) is 12.4. The molecule has 2 aliphatic heterocycles. The summed E-state index contributed by atoms with van der Waals surface area (Å²) in [6.07, 6.45) is 9.03. The Labute approximate surface area is 120 Å². The largest absolute Gasteiger partial charge is 0.393 e. The Morgan fingerprint density at radius 1 is 1.40 bits per heavy atom. The van der Waals surface area contributed by atoms with Gasteiger partial charge in [0.2, 0.25) is 0 Å². The van der Waals surface area contributed by atoms with E-state index in [0.717, 1.165) is 19.3 Å². The van der Waals surface area contributed by atoms with Crippen LogP contribution in [0.2, 0.25) is 0 Å². The van der Waals surface area contributed by atoms with Crippen LogP contribution in [0.5, 0.6) is 0 Å². The van der Waals surface area contributed by atoms with Gasteiger partial charge in [0, 0.05) is 36.9 Å². The average molecular weight is 278 g/mol. The fourth-order valence-corrected chi connectivity index (χ4v) is 4.10. The van der Waals surface area contributed by atoms with E-state index in [1.54, 1.807) is 0 Å². The van der Waals surface area contributed by atoms with Gasteiger partial charge in [-0.05, 0) is 32.1 Å². The van der Waals surface area contributed by atoms with Gasteiger partial charge in [0.05, 0.1) is 18.3 Å². The molecule has 0 amide bonds. The summed E-state index contributed by atoms with van der Waals surface area (Å²) in [5.74, 6) is 0. The van der Waals surface area contributed by atoms with Crippen LogP contribution in [0.1, 0.15) is 50.6 Å². The SMILES string of the molecule is CCC(N)C(c1cnn(C)c1)N1C2CCC1CC(O)C2. The molecule has 5 heteroatoms. The minimum Gasteiger partial charge on any atom is -0.393 e. The third kappa shape index (κ3) is 2.38. The average Bonchev–Trinajstić information content (AvgIpc) is 2.93. The van der Waals surface area contributed by atoms with Crippen LogP contribution in [0.25, 0.3) is 0 Å². The first kappa shape index (κ1) is 14.0. The van der Waals surface area contributed by atoms with Gasteiger partial charge in [-0.15, -0.1) is 0 Å². The number of nitrogens with two attached hydrogens (primary N) is 1. The first-order valence-corrected chi connectivity index (χ1v) is 7.79. The Hall–Kier alpha value is -0.910. The smallest absolute Gasteiger partial charge is 0.0570 e. The molecule has 1 aromatic heterocycles. The fourth-order valence-electron chi connectivity index (χ4n) is 4.10. The summed E-state index contributed by atoms with van der Waals surface area (Å²) in [6.45, 7) is 2.15. The zero-order valence-electron chi connectivity index (χ0n) is 12.4. The minimum atomic E-state index is -0.129. The van der Waals surface area contributed by atoms with E-state index in [2.05, 4.69) is 23.1 Å². The molecule has 4 unspecified atom stereocenters. The Morgan fingerprint density at radius 3 is 2.55 bits per heavy atom. The lowest BCUT2D eigenvalue weighted by Gasteiger charge is -2.44. The molecule has 4 atom stereocenters. The molecule has 5 nitrogen and oxygen atoms in total. The van der Waals surface area contributed by atoms with E-state index >= 15 is 0 Å². The second-order valence-electron chi connectivity index (χ2n) is 6.42. The van der Waals surface area contributed by atoms with Crippen LogP contribution in [0, 0.1) is 0 Å². The van der Waals surface area contributed by atoms with Crippen molar-refractivity contribution in [1.82, 2.24) is 14.7 Å². The van der Waals surface area contributed by atoms with Gasteiger partial charge < -0.3 is 10.8 Å². The standard InChI is InChI=1S/C15H26N4O/c1-3-14(16)15(10-8-17-18(2)9-10)19-11-4-5-12(19)7-13(20)6-11/h8-9,11-15,20H,3-7,16H2,1-2H3. The number of piperidine rings is 1. The molecule has 2 aliphatic rings. The van der Waals surface area contributed by atoms with Gasteiger partial charge in [0.15, 0.2) is 0 Å². The predicted octanol–water partition coefficient (Wildman–Crippen LogP) is 1.19. The molecule has 0 saturated carbocycles. The number of aliphatic hydroxyl groups excluding tert-OH is 1. The van der Waals surface area contributed by atoms with Gasteiger partial charge in [-0.3, -0.25) is 9.58 Å². The Morgan fingerprint density at radius 2 is 2.05 bits per heavy atom. The lowest BCUT2D eigenvalue weighted by molar-refractivity contribution is 0.00230. The van der Waals surface area contributed by atoms with Crippen molar-refractivity contribution in [3.63, 3.8) is 0 Å². The van der Waals surface area contributed by atoms with E-state index in [1.807, 2.05) is 17.9 Å². The van der Waals surface area contributed by atoms with Crippen LogP contribution in [-0.2, 0) is 7.05 Å². The van der Waals surface area contributed by atoms with E-state index in [0.29, 0.717) is 12.1 Å². The number of hydrogen-bond acceptors (Lipinski definition) is 4. The van der Waals surface area contributed by atoms with Crippen LogP contribution in [0.15, 0.2) is 12.4 Å². The van der Waals surface area contributed by atoms with E-state index < -0.39 is 0 Å². The van der Waals surface area contributed by atoms with Crippen LogP contribution < -0.4 is 5.73 Å². The summed E-state index contributed by atoms with van der Waals surface area (Å²) >= 11 is 0. The molecule has 20 heavy (non-hydrogen) atoms. The highest BCUT2D eigenvalue weighted by Crippen LogP contribution is 2.42. The molecule has 1 aromatic rings. The maximum atomic E-state index is 9.99. The first-order valence-electron chi connectivity index (χ1n) is 7.79. The quantitative estimate of drug-likeness (QED) is 0.868. The number of fused-ring (bicyclic) bond motifs is 2. The van der Waals surface area contributed by atoms with Crippen molar-refractivity contribution >= 4 is 0 Å². The van der Waals surface area contributed by atoms with Gasteiger partial charge >= 0.3 is 0 Å². The van der Waals surface area contributed by atoms with Crippen molar-refractivity contribution in [1.29, 1.82) is 0 Å². The Bertz CT molecular complexity index is 446. The molecule has 112 valence electrons. The molecule has 2 bridgehead atoms. The second-order valence-corrected chi connectivity index (χ2v) is 6.42. The number of hydrogen-bond donors (Lipinski definition) is 2. The van der Waals surface area contributed by atoms with Gasteiger partial charge in [0.25, 0.3) is 0 Å². The maximum absolute atomic E-state index is 9.99. The van der Waals surface area contributed by atoms with Crippen molar-refractivity contribution in [3.05, 3.63) is 18.0 Å². The third-order valence-corrected chi connectivity index (χ3v) is 5.03. The summed E-state index contributed by atoms with van der Waals surface area (Å²) in [7, 11) is 1.95. The highest BCUT2D eigenvalue weighted by atomic mass is 16.3. The molecule has 3 rings (SSSR count). The van der Waals surface area contributed by atoms with Gasteiger partial charge in [-0.25, -0.2) is 0 Å². The molecule has 0 aliphatic carbocycles. The fraction of sp³-hybridized carbons (Fsp3) is 0.800. The lowest BCUT2D eigenvalue weighted by atomic mass is 9.91. The van der Waals surface area contributed by atoms with Crippen molar-refractivity contribution in [2.45, 2.75) is 69.3 Å². The molecule has 0 spiro atoms. The number of aryl methyl sites for hydroxylation is 1. The van der Waals surface area contributed by atoms with Gasteiger partial charge in [-0.2, -0.15) is 5.10 Å². The molecular weight excluding hydrogens is 252 g/mol. The molecule has 3 N–H and O–H groups in total. The lowest BCUT2D eigenvalue weighted by Crippen LogP contribution is -2.51. The number of aliphatic hydroxyl groups is 1. The molecule has 2 saturated heterocycles. The molecular formula is C15H26N4O. The highest BCUT2D eigenvalue weighted by Gasteiger charge is 2.45. The molecule has 0 radical (unpaired) electrons. The number of aromatic nitrogens is 2. The van der Waals surface area contributed by atoms with E-state index in [9.17, 15) is 5.11 Å². The number of nitrogens with zero attached hydrogens (tertiary/aromatic N) is 3. The van der Waals surface area contributed by atoms with Crippen LogP contribution in [0.3, 0.4) is 0 Å². The van der Waals surface area contributed by atoms with Crippen molar-refractivity contribution in [2.75, 3.05) is 0 Å². The Kier molecular flexibility index (Phi) is 3.84. The summed E-state index contributed by atoms with van der Waals surface area (Å²) in [5, 5.41) is 14.3. The second kappa shape index (κ2) is 5.47. The van der Waals surface area contributed by atoms with Crippen molar-refractivity contribution in [3.8, 4) is 0 Å². The van der Waals surface area contributed by atoms with E-state index in [1.165, 1.54) is 18.4 Å². The predicted molar refractivity (Wildman–Crippen MR) is 78.1 cm³/mol. The normalized spacial score (nSPS) is 33.3. The first-order chi connectivity index (χ1) is 9.60. The van der Waals surface area contributed by atoms with Crippen molar-refractivity contribution < 1.29 is 5.11 Å². The summed E-state index contributed by atoms with van der Waals surface area (Å²) in [6, 6.07) is 1.31. The monoisotopic (exact) mass is 278 g/mol. The van der Waals surface area contributed by atoms with Crippen LogP contribution in [0.4, 0.5) is 0 Å². The van der Waals surface area contributed by atoms with Gasteiger partial charge in [0.1, 0.15) is 0 Å². The van der Waals surface area contributed by atoms with E-state index in [-0.39, 0.29) is 18.2 Å². The summed E-state index contributed by atoms with van der Waals surface area (Å²) in [5.41, 5.74) is 7.65. The Balaban J connectivity index is 1.90. The zero-order chi connectivity index (χ0) is 14.3. The van der Waals surface area contributed by atoms with Crippen LogP contribution in [-0.4, -0.2) is 44.0 Å². The maximum Gasteiger partial charge on any atom is 0.0570 e. The van der Waals surface area contributed by atoms with Gasteiger partial charge in [-0.1, -0.05) is 6.92 Å². The molecule has 0 aromatic carbocycles. The third-order valence-electron chi connectivity index (χ3n) is 5.03. The van der Waals surface area contributed by atoms with Crippen LogP contribution >= 0.6 is 0 Å². The number of rotatable bonds is 4. The topological polar surface area (TPSA) is 67.3 Å². The summed E-state index contributed by atoms with van der Waals surface area (Å²) < 4.78 is 1.85. The minimum absolute atomic E-state index is 0.123. The molecule has 3 heterocycles. The molecule has 2 fully saturated rings. The van der Waals surface area contributed by atoms with Crippen molar-refractivity contribution in [2.24, 2.45) is 12.8 Å². The van der Waals surface area contributed by atoms with E-state index in [4.69, 9.17) is 5.73 Å². The summed E-state index contributed by atoms with van der Waals surface area (Å²) in [4.78, 5) is 2.58. The highest BCUT2D eigenvalue weighted by molar-refractivity contribution is 5.16.